The van der Waals surface area contributed by atoms with Crippen molar-refractivity contribution < 1.29 is 0 Å². The number of nitrogens with one attached hydrogen (secondary N) is 2. The molecule has 0 unspecified atom stereocenters. The Bertz CT molecular complexity index is 847. The Hall–Kier alpha value is -2.29. The Balaban J connectivity index is 2.52. The smallest absolute Gasteiger partial charge is 0.197 e. The van der Waals surface area contributed by atoms with Crippen LogP contribution in [-0.2, 0) is 0 Å². The number of aromatic nitrogens is 1. The topological polar surface area (TPSA) is 44.9 Å². The van der Waals surface area contributed by atoms with Crippen molar-refractivity contribution in [2.45, 2.75) is 13.8 Å². The Morgan fingerprint density at radius 1 is 1.05 bits per heavy atom. The Morgan fingerprint density at radius 2 is 1.79 bits per heavy atom. The van der Waals surface area contributed by atoms with Crippen molar-refractivity contribution in [3.63, 3.8) is 0 Å². The molecule has 3 nitrogen and oxygen atoms in total. The van der Waals surface area contributed by atoms with E-state index < -0.39 is 0 Å². The van der Waals surface area contributed by atoms with E-state index in [9.17, 15) is 4.79 Å². The van der Waals surface area contributed by atoms with E-state index in [4.69, 9.17) is 0 Å². The summed E-state index contributed by atoms with van der Waals surface area (Å²) in [6, 6.07) is 9.67. The second kappa shape index (κ2) is 4.12. The van der Waals surface area contributed by atoms with Gasteiger partial charge in [0.25, 0.3) is 0 Å². The first-order chi connectivity index (χ1) is 9.11. The number of aryl methyl sites for hydroxylation is 2. The van der Waals surface area contributed by atoms with E-state index in [-0.39, 0.29) is 5.43 Å². The van der Waals surface area contributed by atoms with Crippen LogP contribution in [0.4, 0.5) is 5.69 Å². The van der Waals surface area contributed by atoms with Crippen molar-refractivity contribution in [2.24, 2.45) is 0 Å². The maximum Gasteiger partial charge on any atom is 0.197 e. The average Bonchev–Trinajstić information content (AvgIpc) is 2.43. The molecule has 0 spiro atoms. The monoisotopic (exact) mass is 252 g/mol. The number of fused-ring (bicyclic) bond motifs is 2. The van der Waals surface area contributed by atoms with Crippen molar-refractivity contribution >= 4 is 27.5 Å². The third-order valence-corrected chi connectivity index (χ3v) is 3.79. The van der Waals surface area contributed by atoms with Gasteiger partial charge in [0.1, 0.15) is 0 Å². The average molecular weight is 252 g/mol. The maximum absolute atomic E-state index is 12.5. The highest BCUT2D eigenvalue weighted by Gasteiger charge is 2.08. The zero-order valence-electron chi connectivity index (χ0n) is 11.3. The van der Waals surface area contributed by atoms with Crippen LogP contribution in [0.3, 0.4) is 0 Å². The second-order valence-electron chi connectivity index (χ2n) is 4.89. The molecule has 0 amide bonds. The number of H-pyrrole nitrogens is 1. The molecule has 96 valence electrons. The van der Waals surface area contributed by atoms with E-state index in [1.165, 1.54) is 5.56 Å². The molecule has 0 saturated carbocycles. The molecule has 3 rings (SSSR count). The van der Waals surface area contributed by atoms with Gasteiger partial charge in [0.2, 0.25) is 0 Å². The first-order valence-corrected chi connectivity index (χ1v) is 6.35. The Morgan fingerprint density at radius 3 is 2.53 bits per heavy atom. The van der Waals surface area contributed by atoms with Gasteiger partial charge in [-0.1, -0.05) is 6.07 Å². The van der Waals surface area contributed by atoms with Gasteiger partial charge in [0.05, 0.1) is 11.0 Å². The number of aromatic amines is 1. The summed E-state index contributed by atoms with van der Waals surface area (Å²) in [6.45, 7) is 4.10. The van der Waals surface area contributed by atoms with Gasteiger partial charge < -0.3 is 10.3 Å². The van der Waals surface area contributed by atoms with E-state index in [1.54, 1.807) is 0 Å². The minimum Gasteiger partial charge on any atom is -0.388 e. The molecule has 2 aromatic carbocycles. The van der Waals surface area contributed by atoms with Crippen LogP contribution in [0.2, 0.25) is 0 Å². The lowest BCUT2D eigenvalue weighted by Crippen LogP contribution is -2.06. The van der Waals surface area contributed by atoms with Gasteiger partial charge in [-0.25, -0.2) is 0 Å². The van der Waals surface area contributed by atoms with E-state index in [0.717, 1.165) is 33.1 Å². The van der Waals surface area contributed by atoms with E-state index in [1.807, 2.05) is 44.3 Å². The van der Waals surface area contributed by atoms with Crippen LogP contribution in [0, 0.1) is 13.8 Å². The maximum atomic E-state index is 12.5. The van der Waals surface area contributed by atoms with Crippen molar-refractivity contribution in [1.82, 2.24) is 4.98 Å². The fraction of sp³-hybridized carbons (Fsp3) is 0.188. The normalized spacial score (nSPS) is 11.1. The second-order valence-corrected chi connectivity index (χ2v) is 4.89. The predicted octanol–water partition coefficient (Wildman–Crippen LogP) is 3.34. The Kier molecular flexibility index (Phi) is 2.56. The van der Waals surface area contributed by atoms with E-state index in [2.05, 4.69) is 17.2 Å². The van der Waals surface area contributed by atoms with Crippen molar-refractivity contribution in [3.8, 4) is 0 Å². The van der Waals surface area contributed by atoms with Crippen LogP contribution in [0.25, 0.3) is 21.8 Å². The van der Waals surface area contributed by atoms with Crippen molar-refractivity contribution in [2.75, 3.05) is 12.4 Å². The quantitative estimate of drug-likeness (QED) is 0.652. The molecule has 3 heteroatoms. The lowest BCUT2D eigenvalue weighted by molar-refractivity contribution is 1.33. The van der Waals surface area contributed by atoms with Gasteiger partial charge in [-0.3, -0.25) is 4.79 Å². The standard InChI is InChI=1S/C16H16N2O/c1-9-4-6-13-15(10(9)2)18-14-8-11(17-3)5-7-12(14)16(13)19/h4-8,17H,1-3H3,(H,18,19). The molecule has 2 N–H and O–H groups in total. The number of benzene rings is 2. The van der Waals surface area contributed by atoms with Crippen LogP contribution >= 0.6 is 0 Å². The van der Waals surface area contributed by atoms with Crippen LogP contribution in [0.1, 0.15) is 11.1 Å². The third-order valence-electron chi connectivity index (χ3n) is 3.79. The molecule has 1 aromatic heterocycles. The molecule has 0 radical (unpaired) electrons. The zero-order chi connectivity index (χ0) is 13.6. The van der Waals surface area contributed by atoms with Gasteiger partial charge >= 0.3 is 0 Å². The summed E-state index contributed by atoms with van der Waals surface area (Å²) in [4.78, 5) is 15.9. The van der Waals surface area contributed by atoms with Crippen LogP contribution < -0.4 is 10.7 Å². The van der Waals surface area contributed by atoms with Gasteiger partial charge in [0.15, 0.2) is 5.43 Å². The first kappa shape index (κ1) is 11.8. The number of hydrogen-bond donors (Lipinski definition) is 2. The highest BCUT2D eigenvalue weighted by molar-refractivity contribution is 5.95. The lowest BCUT2D eigenvalue weighted by Gasteiger charge is -2.09. The highest BCUT2D eigenvalue weighted by Crippen LogP contribution is 2.22. The van der Waals surface area contributed by atoms with E-state index in [0.29, 0.717) is 0 Å². The SMILES string of the molecule is CNc1ccc2c(=O)c3ccc(C)c(C)c3[nH]c2c1. The molecule has 0 aliphatic carbocycles. The summed E-state index contributed by atoms with van der Waals surface area (Å²) in [5.41, 5.74) is 5.21. The third kappa shape index (κ3) is 1.70. The molecule has 0 saturated heterocycles. The summed E-state index contributed by atoms with van der Waals surface area (Å²) in [5.74, 6) is 0. The molecular formula is C16H16N2O. The highest BCUT2D eigenvalue weighted by atomic mass is 16.1. The van der Waals surface area contributed by atoms with Crippen molar-refractivity contribution in [1.29, 1.82) is 0 Å². The van der Waals surface area contributed by atoms with E-state index >= 15 is 0 Å². The van der Waals surface area contributed by atoms with Crippen LogP contribution in [-0.4, -0.2) is 12.0 Å². The Labute approximate surface area is 111 Å². The first-order valence-electron chi connectivity index (χ1n) is 6.35. The summed E-state index contributed by atoms with van der Waals surface area (Å²) < 4.78 is 0. The zero-order valence-corrected chi connectivity index (χ0v) is 11.3. The molecule has 0 bridgehead atoms. The summed E-state index contributed by atoms with van der Waals surface area (Å²) in [6.07, 6.45) is 0. The van der Waals surface area contributed by atoms with Crippen molar-refractivity contribution in [3.05, 3.63) is 51.7 Å². The van der Waals surface area contributed by atoms with Gasteiger partial charge in [0, 0.05) is 23.5 Å². The number of rotatable bonds is 1. The number of anilines is 1. The molecule has 3 aromatic rings. The summed E-state index contributed by atoms with van der Waals surface area (Å²) >= 11 is 0. The van der Waals surface area contributed by atoms with Crippen LogP contribution in [0.5, 0.6) is 0 Å². The molecule has 0 aliphatic heterocycles. The minimum absolute atomic E-state index is 0.0921. The summed E-state index contributed by atoms with van der Waals surface area (Å²) in [5, 5.41) is 4.58. The molecule has 19 heavy (non-hydrogen) atoms. The molecule has 0 fully saturated rings. The minimum atomic E-state index is 0.0921. The summed E-state index contributed by atoms with van der Waals surface area (Å²) in [7, 11) is 1.87. The fourth-order valence-electron chi connectivity index (χ4n) is 2.45. The molecule has 0 atom stereocenters. The molecule has 1 heterocycles. The molecule has 0 aliphatic rings. The largest absolute Gasteiger partial charge is 0.388 e. The van der Waals surface area contributed by atoms with Gasteiger partial charge in [-0.2, -0.15) is 0 Å². The molecular weight excluding hydrogens is 236 g/mol. The van der Waals surface area contributed by atoms with Crippen LogP contribution in [0.15, 0.2) is 35.1 Å². The van der Waals surface area contributed by atoms with Gasteiger partial charge in [-0.05, 0) is 49.2 Å². The number of pyridine rings is 1. The lowest BCUT2D eigenvalue weighted by atomic mass is 10.0. The fourth-order valence-corrected chi connectivity index (χ4v) is 2.45. The van der Waals surface area contributed by atoms with Gasteiger partial charge in [-0.15, -0.1) is 0 Å². The number of hydrogen-bond acceptors (Lipinski definition) is 2. The predicted molar refractivity (Wildman–Crippen MR) is 81.1 cm³/mol.